The van der Waals surface area contributed by atoms with Crippen molar-refractivity contribution in [3.63, 3.8) is 0 Å². The Labute approximate surface area is 237 Å². The summed E-state index contributed by atoms with van der Waals surface area (Å²) >= 11 is 0. The van der Waals surface area contributed by atoms with Gasteiger partial charge in [0.25, 0.3) is 0 Å². The van der Waals surface area contributed by atoms with Crippen molar-refractivity contribution < 1.29 is 9.59 Å². The highest BCUT2D eigenvalue weighted by molar-refractivity contribution is 5.92. The molecule has 3 saturated carbocycles. The van der Waals surface area contributed by atoms with Crippen molar-refractivity contribution in [1.82, 2.24) is 9.88 Å². The minimum absolute atomic E-state index is 0.00298. The molecule has 0 saturated heterocycles. The molecule has 3 aromatic rings. The molecule has 1 heterocycles. The Morgan fingerprint density at radius 1 is 0.925 bits per heavy atom. The van der Waals surface area contributed by atoms with Crippen molar-refractivity contribution >= 4 is 17.6 Å². The second-order valence-corrected chi connectivity index (χ2v) is 12.2. The van der Waals surface area contributed by atoms with Gasteiger partial charge in [0.2, 0.25) is 11.8 Å². The number of benzene rings is 2. The van der Waals surface area contributed by atoms with Gasteiger partial charge in [-0.15, -0.1) is 0 Å². The van der Waals surface area contributed by atoms with Crippen LogP contribution in [0.2, 0.25) is 0 Å². The smallest absolute Gasteiger partial charge is 0.225 e. The van der Waals surface area contributed by atoms with Gasteiger partial charge < -0.3 is 16.0 Å². The maximum atomic E-state index is 13.0. The van der Waals surface area contributed by atoms with Crippen LogP contribution in [0.3, 0.4) is 0 Å². The van der Waals surface area contributed by atoms with Gasteiger partial charge >= 0.3 is 0 Å². The largest absolute Gasteiger partial charge is 0.343 e. The normalized spacial score (nSPS) is 21.8. The highest BCUT2D eigenvalue weighted by Gasteiger charge is 2.36. The third-order valence-electron chi connectivity index (χ3n) is 9.39. The topological polar surface area (TPSA) is 88.3 Å². The van der Waals surface area contributed by atoms with Crippen molar-refractivity contribution in [1.29, 1.82) is 0 Å². The molecule has 3 aliphatic rings. The summed E-state index contributed by atoms with van der Waals surface area (Å²) in [6.07, 6.45) is 11.6. The van der Waals surface area contributed by atoms with Gasteiger partial charge in [0, 0.05) is 42.7 Å². The van der Waals surface area contributed by atoms with Gasteiger partial charge in [-0.25, -0.2) is 4.98 Å². The lowest BCUT2D eigenvalue weighted by atomic mass is 9.72. The van der Waals surface area contributed by atoms with Crippen molar-refractivity contribution in [3.8, 4) is 22.3 Å². The maximum Gasteiger partial charge on any atom is 0.225 e. The van der Waals surface area contributed by atoms with Crippen LogP contribution in [-0.4, -0.2) is 34.8 Å². The molecular formula is C34H40N4O2. The van der Waals surface area contributed by atoms with Crippen LogP contribution in [0.15, 0.2) is 66.9 Å². The van der Waals surface area contributed by atoms with Gasteiger partial charge in [0.15, 0.2) is 0 Å². The highest BCUT2D eigenvalue weighted by atomic mass is 16.2. The Morgan fingerprint density at radius 3 is 2.23 bits per heavy atom. The van der Waals surface area contributed by atoms with Crippen LogP contribution in [-0.2, 0) is 15.1 Å². The standard InChI is InChI=1S/C34H40N4O2/c1-38(33(40)26-10-11-26)28-16-8-23(9-17-28)20-32(39)37-31-21-29(24-6-3-2-4-7-24)30(22-36-31)25-12-14-27(15-13-25)34(35)18-5-19-34/h2-4,6-7,12-15,21-23,26,28H,5,8-11,16-20,35H2,1H3,(H,36,37,39). The fourth-order valence-corrected chi connectivity index (χ4v) is 6.43. The van der Waals surface area contributed by atoms with Crippen molar-refractivity contribution in [2.45, 2.75) is 75.8 Å². The van der Waals surface area contributed by atoms with E-state index >= 15 is 0 Å². The molecule has 208 valence electrons. The molecule has 6 nitrogen and oxygen atoms in total. The SMILES string of the molecule is CN(C(=O)C1CC1)C1CCC(CC(=O)Nc2cc(-c3ccccc3)c(-c3ccc(C4(N)CCC4)cc3)cn2)CC1. The first kappa shape index (κ1) is 26.7. The summed E-state index contributed by atoms with van der Waals surface area (Å²) in [5.74, 6) is 1.49. The Hall–Kier alpha value is -3.51. The Morgan fingerprint density at radius 2 is 1.60 bits per heavy atom. The lowest BCUT2D eigenvalue weighted by Crippen LogP contribution is -2.43. The predicted octanol–water partition coefficient (Wildman–Crippen LogP) is 6.51. The molecule has 6 heteroatoms. The molecule has 6 rings (SSSR count). The zero-order valence-electron chi connectivity index (χ0n) is 23.4. The van der Waals surface area contributed by atoms with Crippen LogP contribution in [0.1, 0.15) is 69.8 Å². The number of hydrogen-bond acceptors (Lipinski definition) is 4. The number of nitrogens with two attached hydrogens (primary N) is 1. The van der Waals surface area contributed by atoms with Gasteiger partial charge in [0.1, 0.15) is 5.82 Å². The van der Waals surface area contributed by atoms with E-state index in [2.05, 4.69) is 46.7 Å². The van der Waals surface area contributed by atoms with E-state index in [1.165, 1.54) is 12.0 Å². The van der Waals surface area contributed by atoms with Crippen LogP contribution >= 0.6 is 0 Å². The molecule has 2 aromatic carbocycles. The predicted molar refractivity (Wildman–Crippen MR) is 159 cm³/mol. The lowest BCUT2D eigenvalue weighted by molar-refractivity contribution is -0.134. The molecule has 1 aromatic heterocycles. The number of rotatable bonds is 8. The fraction of sp³-hybridized carbons (Fsp3) is 0.441. The summed E-state index contributed by atoms with van der Waals surface area (Å²) in [6.45, 7) is 0. The van der Waals surface area contributed by atoms with E-state index in [0.29, 0.717) is 30.1 Å². The second-order valence-electron chi connectivity index (χ2n) is 12.2. The fourth-order valence-electron chi connectivity index (χ4n) is 6.43. The number of anilines is 1. The van der Waals surface area contributed by atoms with Crippen LogP contribution < -0.4 is 11.1 Å². The number of hydrogen-bond donors (Lipinski definition) is 2. The third-order valence-corrected chi connectivity index (χ3v) is 9.39. The molecule has 3 aliphatic carbocycles. The zero-order valence-corrected chi connectivity index (χ0v) is 23.4. The number of carbonyl (C=O) groups excluding carboxylic acids is 2. The van der Waals surface area contributed by atoms with Crippen molar-refractivity contribution in [3.05, 3.63) is 72.4 Å². The molecule has 0 spiro atoms. The lowest BCUT2D eigenvalue weighted by Gasteiger charge is -2.38. The molecule has 2 amide bonds. The molecule has 0 atom stereocenters. The van der Waals surface area contributed by atoms with Crippen LogP contribution in [0, 0.1) is 11.8 Å². The van der Waals surface area contributed by atoms with Gasteiger partial charge in [-0.1, -0.05) is 54.6 Å². The van der Waals surface area contributed by atoms with E-state index in [4.69, 9.17) is 5.73 Å². The molecule has 3 N–H and O–H groups in total. The van der Waals surface area contributed by atoms with Crippen LogP contribution in [0.5, 0.6) is 0 Å². The summed E-state index contributed by atoms with van der Waals surface area (Å²) in [6, 6.07) is 21.1. The van der Waals surface area contributed by atoms with E-state index in [-0.39, 0.29) is 17.4 Å². The first-order chi connectivity index (χ1) is 19.4. The molecule has 3 fully saturated rings. The van der Waals surface area contributed by atoms with Crippen molar-refractivity contribution in [2.24, 2.45) is 17.6 Å². The van der Waals surface area contributed by atoms with E-state index in [1.807, 2.05) is 42.4 Å². The van der Waals surface area contributed by atoms with Crippen LogP contribution in [0.25, 0.3) is 22.3 Å². The molecule has 0 radical (unpaired) electrons. The summed E-state index contributed by atoms with van der Waals surface area (Å²) in [5.41, 5.74) is 11.8. The zero-order chi connectivity index (χ0) is 27.7. The summed E-state index contributed by atoms with van der Waals surface area (Å²) in [4.78, 5) is 32.1. The van der Waals surface area contributed by atoms with Gasteiger partial charge in [-0.2, -0.15) is 0 Å². The molecule has 0 bridgehead atoms. The molecule has 0 aliphatic heterocycles. The average molecular weight is 537 g/mol. The number of amides is 2. The number of pyridine rings is 1. The van der Waals surface area contributed by atoms with E-state index in [9.17, 15) is 9.59 Å². The van der Waals surface area contributed by atoms with E-state index in [1.54, 1.807) is 0 Å². The van der Waals surface area contributed by atoms with Gasteiger partial charge in [-0.05, 0) is 92.0 Å². The minimum Gasteiger partial charge on any atom is -0.343 e. The summed E-state index contributed by atoms with van der Waals surface area (Å²) < 4.78 is 0. The monoisotopic (exact) mass is 536 g/mol. The number of nitrogens with one attached hydrogen (secondary N) is 1. The minimum atomic E-state index is -0.184. The number of nitrogens with zero attached hydrogens (tertiary/aromatic N) is 2. The van der Waals surface area contributed by atoms with Gasteiger partial charge in [0.05, 0.1) is 0 Å². The van der Waals surface area contributed by atoms with Crippen LogP contribution in [0.4, 0.5) is 5.82 Å². The molecule has 40 heavy (non-hydrogen) atoms. The number of carbonyl (C=O) groups is 2. The first-order valence-corrected chi connectivity index (χ1v) is 14.9. The molecular weight excluding hydrogens is 496 g/mol. The van der Waals surface area contributed by atoms with Gasteiger partial charge in [-0.3, -0.25) is 9.59 Å². The Kier molecular flexibility index (Phi) is 7.45. The average Bonchev–Trinajstić information content (AvgIpc) is 3.82. The summed E-state index contributed by atoms with van der Waals surface area (Å²) in [5, 5.41) is 3.07. The van der Waals surface area contributed by atoms with Crippen molar-refractivity contribution in [2.75, 3.05) is 12.4 Å². The number of aromatic nitrogens is 1. The van der Waals surface area contributed by atoms with E-state index < -0.39 is 0 Å². The third kappa shape index (κ3) is 5.68. The maximum absolute atomic E-state index is 13.0. The highest BCUT2D eigenvalue weighted by Crippen LogP contribution is 2.40. The van der Waals surface area contributed by atoms with E-state index in [0.717, 1.165) is 73.6 Å². The first-order valence-electron chi connectivity index (χ1n) is 14.9. The Bertz CT molecular complexity index is 1350. The second kappa shape index (κ2) is 11.2. The molecule has 0 unspecified atom stereocenters. The Balaban J connectivity index is 1.13. The quantitative estimate of drug-likeness (QED) is 0.344. The summed E-state index contributed by atoms with van der Waals surface area (Å²) in [7, 11) is 1.95.